The number of aldehydes is 1. The van der Waals surface area contributed by atoms with Crippen LogP contribution in [0.5, 0.6) is 5.75 Å². The average Bonchev–Trinajstić information content (AvgIpc) is 2.48. The van der Waals surface area contributed by atoms with Crippen LogP contribution in [0.15, 0.2) is 24.0 Å². The summed E-state index contributed by atoms with van der Waals surface area (Å²) in [5.74, 6) is 1.54. The monoisotopic (exact) mass is 338 g/mol. The van der Waals surface area contributed by atoms with Crippen LogP contribution < -0.4 is 4.74 Å². The lowest BCUT2D eigenvalue weighted by atomic mass is 9.88. The number of ether oxygens (including phenoxy) is 3. The second kappa shape index (κ2) is 5.22. The third kappa shape index (κ3) is 2.05. The van der Waals surface area contributed by atoms with Gasteiger partial charge in [0.1, 0.15) is 12.0 Å². The van der Waals surface area contributed by atoms with Crippen LogP contribution in [0.3, 0.4) is 0 Å². The fourth-order valence-electron chi connectivity index (χ4n) is 2.77. The second-order valence-electron chi connectivity index (χ2n) is 4.93. The van der Waals surface area contributed by atoms with E-state index in [1.54, 1.807) is 19.2 Å². The molecule has 106 valence electrons. The van der Waals surface area contributed by atoms with Crippen molar-refractivity contribution in [3.05, 3.63) is 35.1 Å². The highest BCUT2D eigenvalue weighted by atomic mass is 79.9. The van der Waals surface area contributed by atoms with Gasteiger partial charge in [-0.1, -0.05) is 0 Å². The molecule has 1 aromatic carbocycles. The molecule has 0 saturated carbocycles. The first-order valence-corrected chi connectivity index (χ1v) is 7.30. The number of hydrogen-bond donors (Lipinski definition) is 0. The summed E-state index contributed by atoms with van der Waals surface area (Å²) < 4.78 is 18.1. The number of hydrogen-bond acceptors (Lipinski definition) is 4. The summed E-state index contributed by atoms with van der Waals surface area (Å²) in [7, 11) is 1.64. The molecule has 2 aliphatic heterocycles. The van der Waals surface area contributed by atoms with Gasteiger partial charge >= 0.3 is 0 Å². The maximum Gasteiger partial charge on any atom is 0.171 e. The smallest absolute Gasteiger partial charge is 0.171 e. The molecule has 1 spiro atoms. The summed E-state index contributed by atoms with van der Waals surface area (Å²) in [5, 5.41) is 0. The molecule has 0 aliphatic carbocycles. The van der Waals surface area contributed by atoms with E-state index >= 15 is 0 Å². The molecule has 0 aromatic heterocycles. The lowest BCUT2D eigenvalue weighted by Crippen LogP contribution is -2.46. The molecule has 20 heavy (non-hydrogen) atoms. The van der Waals surface area contributed by atoms with Crippen LogP contribution in [0.4, 0.5) is 0 Å². The summed E-state index contributed by atoms with van der Waals surface area (Å²) in [4.78, 5) is 10.9. The fourth-order valence-corrected chi connectivity index (χ4v) is 3.60. The van der Waals surface area contributed by atoms with Gasteiger partial charge in [0.25, 0.3) is 0 Å². The molecule has 1 aromatic rings. The minimum atomic E-state index is -0.471. The topological polar surface area (TPSA) is 44.8 Å². The third-order valence-electron chi connectivity index (χ3n) is 3.80. The first-order valence-electron chi connectivity index (χ1n) is 6.51. The molecule has 5 heteroatoms. The number of carbonyl (C=O) groups is 1. The average molecular weight is 339 g/mol. The Morgan fingerprint density at radius 3 is 2.75 bits per heavy atom. The van der Waals surface area contributed by atoms with Crippen LogP contribution in [-0.2, 0) is 9.47 Å². The van der Waals surface area contributed by atoms with Crippen LogP contribution in [0.25, 0.3) is 4.48 Å². The van der Waals surface area contributed by atoms with Gasteiger partial charge in [-0.2, -0.15) is 0 Å². The Hall–Kier alpha value is -1.33. The van der Waals surface area contributed by atoms with Gasteiger partial charge < -0.3 is 14.2 Å². The first-order chi connectivity index (χ1) is 9.70. The molecule has 0 N–H and O–H groups in total. The van der Waals surface area contributed by atoms with E-state index < -0.39 is 5.60 Å². The number of halogens is 1. The maximum absolute atomic E-state index is 10.9. The van der Waals surface area contributed by atoms with E-state index in [1.165, 1.54) is 0 Å². The zero-order chi connectivity index (χ0) is 14.2. The highest BCUT2D eigenvalue weighted by molar-refractivity contribution is 9.15. The lowest BCUT2D eigenvalue weighted by Gasteiger charge is -2.42. The largest absolute Gasteiger partial charge is 0.496 e. The van der Waals surface area contributed by atoms with E-state index in [0.717, 1.165) is 40.7 Å². The first kappa shape index (κ1) is 13.6. The Balaban J connectivity index is 2.13. The van der Waals surface area contributed by atoms with Crippen molar-refractivity contribution in [2.45, 2.75) is 18.4 Å². The maximum atomic E-state index is 10.9. The van der Waals surface area contributed by atoms with Gasteiger partial charge in [0, 0.05) is 24.0 Å². The summed E-state index contributed by atoms with van der Waals surface area (Å²) in [6.07, 6.45) is 2.33. The van der Waals surface area contributed by atoms with Crippen molar-refractivity contribution in [1.29, 1.82) is 0 Å². The number of rotatable bonds is 2. The van der Waals surface area contributed by atoms with E-state index in [9.17, 15) is 4.79 Å². The molecule has 1 fully saturated rings. The van der Waals surface area contributed by atoms with Gasteiger partial charge in [-0.25, -0.2) is 0 Å². The molecule has 1 saturated heterocycles. The SMILES string of the molecule is COC1=C(Br)c2cc(C=O)ccc2OC12CCOCC2. The zero-order valence-corrected chi connectivity index (χ0v) is 12.7. The number of fused-ring (bicyclic) bond motifs is 1. The standard InChI is InChI=1S/C15H15BrO4/c1-18-14-13(16)11-8-10(9-17)2-3-12(11)20-15(14)4-6-19-7-5-15/h2-3,8-9H,4-7H2,1H3. The van der Waals surface area contributed by atoms with Crippen molar-refractivity contribution in [1.82, 2.24) is 0 Å². The van der Waals surface area contributed by atoms with Crippen molar-refractivity contribution in [2.75, 3.05) is 20.3 Å². The molecule has 0 amide bonds. The van der Waals surface area contributed by atoms with Crippen LogP contribution in [-0.4, -0.2) is 32.2 Å². The Morgan fingerprint density at radius 1 is 1.35 bits per heavy atom. The van der Waals surface area contributed by atoms with E-state index in [4.69, 9.17) is 14.2 Å². The van der Waals surface area contributed by atoms with Gasteiger partial charge in [-0.05, 0) is 34.1 Å². The summed E-state index contributed by atoms with van der Waals surface area (Å²) in [6, 6.07) is 5.40. The Morgan fingerprint density at radius 2 is 2.10 bits per heavy atom. The number of benzene rings is 1. The molecule has 4 nitrogen and oxygen atoms in total. The molecular formula is C15H15BrO4. The number of methoxy groups -OCH3 is 1. The number of carbonyl (C=O) groups excluding carboxylic acids is 1. The van der Waals surface area contributed by atoms with Gasteiger partial charge in [0.2, 0.25) is 0 Å². The quantitative estimate of drug-likeness (QED) is 0.777. The van der Waals surface area contributed by atoms with Crippen LogP contribution in [0, 0.1) is 0 Å². The van der Waals surface area contributed by atoms with Crippen LogP contribution >= 0.6 is 15.9 Å². The molecule has 2 aliphatic rings. The predicted molar refractivity (Wildman–Crippen MR) is 78.1 cm³/mol. The molecule has 0 radical (unpaired) electrons. The highest BCUT2D eigenvalue weighted by Gasteiger charge is 2.45. The normalized spacial score (nSPS) is 20.3. The predicted octanol–water partition coefficient (Wildman–Crippen LogP) is 3.15. The van der Waals surface area contributed by atoms with Crippen molar-refractivity contribution in [3.8, 4) is 5.75 Å². The molecular weight excluding hydrogens is 324 g/mol. The highest BCUT2D eigenvalue weighted by Crippen LogP contribution is 2.47. The Labute approximate surface area is 125 Å². The lowest BCUT2D eigenvalue weighted by molar-refractivity contribution is -0.0508. The minimum Gasteiger partial charge on any atom is -0.496 e. The zero-order valence-electron chi connectivity index (χ0n) is 11.1. The van der Waals surface area contributed by atoms with Crippen molar-refractivity contribution in [3.63, 3.8) is 0 Å². The fraction of sp³-hybridized carbons (Fsp3) is 0.400. The van der Waals surface area contributed by atoms with Crippen molar-refractivity contribution < 1.29 is 19.0 Å². The molecule has 0 atom stereocenters. The summed E-state index contributed by atoms with van der Waals surface area (Å²) in [6.45, 7) is 1.30. The molecule has 0 bridgehead atoms. The van der Waals surface area contributed by atoms with E-state index in [-0.39, 0.29) is 0 Å². The van der Waals surface area contributed by atoms with E-state index in [1.807, 2.05) is 6.07 Å². The van der Waals surface area contributed by atoms with Crippen LogP contribution in [0.2, 0.25) is 0 Å². The Kier molecular flexibility index (Phi) is 3.56. The van der Waals surface area contributed by atoms with Crippen LogP contribution in [0.1, 0.15) is 28.8 Å². The molecule has 2 heterocycles. The summed E-state index contributed by atoms with van der Waals surface area (Å²) in [5.41, 5.74) is 0.993. The van der Waals surface area contributed by atoms with Crippen molar-refractivity contribution >= 4 is 26.7 Å². The molecule has 3 rings (SSSR count). The van der Waals surface area contributed by atoms with Gasteiger partial charge in [0.05, 0.1) is 24.8 Å². The van der Waals surface area contributed by atoms with E-state index in [0.29, 0.717) is 18.8 Å². The van der Waals surface area contributed by atoms with Gasteiger partial charge in [-0.15, -0.1) is 0 Å². The second-order valence-corrected chi connectivity index (χ2v) is 5.72. The summed E-state index contributed by atoms with van der Waals surface area (Å²) >= 11 is 3.61. The van der Waals surface area contributed by atoms with E-state index in [2.05, 4.69) is 15.9 Å². The molecule has 0 unspecified atom stereocenters. The van der Waals surface area contributed by atoms with Gasteiger partial charge in [-0.3, -0.25) is 4.79 Å². The van der Waals surface area contributed by atoms with Gasteiger partial charge in [0.15, 0.2) is 11.4 Å². The Bertz CT molecular complexity index is 573. The minimum absolute atomic E-state index is 0.471. The third-order valence-corrected chi connectivity index (χ3v) is 4.59. The van der Waals surface area contributed by atoms with Crippen molar-refractivity contribution in [2.24, 2.45) is 0 Å².